The summed E-state index contributed by atoms with van der Waals surface area (Å²) in [4.78, 5) is 33.4. The summed E-state index contributed by atoms with van der Waals surface area (Å²) in [5.74, 6) is -0.539. The second kappa shape index (κ2) is 9.07. The quantitative estimate of drug-likeness (QED) is 0.412. The number of benzene rings is 2. The third-order valence-corrected chi connectivity index (χ3v) is 6.92. The van der Waals surface area contributed by atoms with Crippen LogP contribution in [0.1, 0.15) is 43.8 Å². The largest absolute Gasteiger partial charge is 0.488 e. The number of hydrogen-bond acceptors (Lipinski definition) is 6. The number of fused-ring (bicyclic) bond motifs is 3. The Labute approximate surface area is 200 Å². The molecule has 8 heteroatoms. The van der Waals surface area contributed by atoms with Crippen molar-refractivity contribution in [3.05, 3.63) is 88.2 Å². The van der Waals surface area contributed by atoms with Crippen LogP contribution in [0.25, 0.3) is 21.7 Å². The predicted octanol–water partition coefficient (Wildman–Crippen LogP) is 4.96. The van der Waals surface area contributed by atoms with Crippen molar-refractivity contribution < 1.29 is 19.4 Å². The molecule has 2 aromatic carbocycles. The first-order chi connectivity index (χ1) is 16.5. The molecule has 0 spiro atoms. The van der Waals surface area contributed by atoms with E-state index < -0.39 is 5.97 Å². The van der Waals surface area contributed by atoms with Crippen molar-refractivity contribution >= 4 is 23.2 Å². The van der Waals surface area contributed by atoms with E-state index in [0.717, 1.165) is 32.7 Å². The van der Waals surface area contributed by atoms with Gasteiger partial charge in [-0.3, -0.25) is 9.78 Å². The number of ether oxygens (including phenoxy) is 1. The van der Waals surface area contributed by atoms with Crippen LogP contribution in [-0.4, -0.2) is 27.0 Å². The molecule has 0 aliphatic carbocycles. The van der Waals surface area contributed by atoms with Crippen molar-refractivity contribution in [2.45, 2.75) is 26.5 Å². The molecule has 0 saturated carbocycles. The second-order valence-electron chi connectivity index (χ2n) is 7.86. The Hall–Kier alpha value is -4.04. The lowest BCUT2D eigenvalue weighted by Gasteiger charge is -2.20. The molecular formula is C26H21N3O4S. The number of aryl methyl sites for hydroxylation is 1. The molecule has 4 aromatic rings. The van der Waals surface area contributed by atoms with Crippen molar-refractivity contribution in [1.82, 2.24) is 15.3 Å². The van der Waals surface area contributed by atoms with Crippen LogP contribution >= 0.6 is 11.3 Å². The van der Waals surface area contributed by atoms with Gasteiger partial charge in [-0.2, -0.15) is 0 Å². The van der Waals surface area contributed by atoms with E-state index in [1.807, 2.05) is 43.3 Å². The van der Waals surface area contributed by atoms with Gasteiger partial charge in [-0.05, 0) is 47.9 Å². The number of pyridine rings is 1. The summed E-state index contributed by atoms with van der Waals surface area (Å²) in [6.45, 7) is 2.67. The molecule has 0 radical (unpaired) electrons. The monoisotopic (exact) mass is 471 g/mol. The standard InChI is InChI=1S/C26H21N3O4S/c1-2-22-23(26(31)32)29-25(34-22)17-5-3-4-15(10-17)12-28-24(30)16-6-7-20-19-8-9-27-13-18(19)14-33-21(20)11-16/h3-11,13H,2,12,14H2,1H3,(H,28,30)(H,31,32). The molecule has 1 aliphatic heterocycles. The minimum Gasteiger partial charge on any atom is -0.488 e. The number of nitrogens with one attached hydrogen (secondary N) is 1. The van der Waals surface area contributed by atoms with Crippen LogP contribution in [-0.2, 0) is 19.6 Å². The van der Waals surface area contributed by atoms with Gasteiger partial charge < -0.3 is 15.2 Å². The molecular weight excluding hydrogens is 450 g/mol. The lowest BCUT2D eigenvalue weighted by molar-refractivity contribution is 0.0690. The highest BCUT2D eigenvalue weighted by Crippen LogP contribution is 2.37. The molecule has 0 atom stereocenters. The van der Waals surface area contributed by atoms with Crippen molar-refractivity contribution in [1.29, 1.82) is 0 Å². The van der Waals surface area contributed by atoms with Gasteiger partial charge in [-0.25, -0.2) is 9.78 Å². The van der Waals surface area contributed by atoms with Gasteiger partial charge in [0.2, 0.25) is 0 Å². The SMILES string of the molecule is CCc1sc(-c2cccc(CNC(=O)c3ccc4c(c3)OCc3cnccc3-4)c2)nc1C(=O)O. The number of thiazole rings is 1. The molecule has 0 saturated heterocycles. The number of aromatic nitrogens is 2. The zero-order valence-electron chi connectivity index (χ0n) is 18.4. The lowest BCUT2D eigenvalue weighted by atomic mass is 9.97. The summed E-state index contributed by atoms with van der Waals surface area (Å²) >= 11 is 1.38. The molecule has 34 heavy (non-hydrogen) atoms. The molecule has 5 rings (SSSR count). The van der Waals surface area contributed by atoms with Gasteiger partial charge in [0.25, 0.3) is 5.91 Å². The first-order valence-corrected chi connectivity index (χ1v) is 11.7. The Morgan fingerprint density at radius 2 is 2.03 bits per heavy atom. The average Bonchev–Trinajstić information content (AvgIpc) is 3.32. The maximum Gasteiger partial charge on any atom is 0.355 e. The Balaban J connectivity index is 1.31. The maximum absolute atomic E-state index is 12.8. The smallest absolute Gasteiger partial charge is 0.355 e. The van der Waals surface area contributed by atoms with Gasteiger partial charge in [0.1, 0.15) is 17.4 Å². The number of carboxylic acid groups (broad SMARTS) is 1. The summed E-state index contributed by atoms with van der Waals surface area (Å²) in [5, 5.41) is 13.0. The van der Waals surface area contributed by atoms with E-state index in [1.54, 1.807) is 24.5 Å². The van der Waals surface area contributed by atoms with E-state index in [4.69, 9.17) is 4.74 Å². The summed E-state index contributed by atoms with van der Waals surface area (Å²) in [7, 11) is 0. The molecule has 0 unspecified atom stereocenters. The van der Waals surface area contributed by atoms with Gasteiger partial charge in [0.15, 0.2) is 5.69 Å². The first-order valence-electron chi connectivity index (χ1n) is 10.8. The highest BCUT2D eigenvalue weighted by molar-refractivity contribution is 7.15. The van der Waals surface area contributed by atoms with Crippen molar-refractivity contribution in [3.63, 3.8) is 0 Å². The molecule has 7 nitrogen and oxygen atoms in total. The van der Waals surface area contributed by atoms with Crippen molar-refractivity contribution in [2.24, 2.45) is 0 Å². The molecule has 2 aromatic heterocycles. The Morgan fingerprint density at radius 3 is 2.82 bits per heavy atom. The number of nitrogens with zero attached hydrogens (tertiary/aromatic N) is 2. The molecule has 1 aliphatic rings. The van der Waals surface area contributed by atoms with E-state index in [2.05, 4.69) is 15.3 Å². The maximum atomic E-state index is 12.8. The minimum atomic E-state index is -1.02. The fourth-order valence-corrected chi connectivity index (χ4v) is 4.94. The molecule has 0 fully saturated rings. The van der Waals surface area contributed by atoms with Crippen LogP contribution in [0, 0.1) is 0 Å². The normalized spacial score (nSPS) is 11.8. The molecule has 1 amide bonds. The van der Waals surface area contributed by atoms with E-state index in [1.165, 1.54) is 11.3 Å². The summed E-state index contributed by atoms with van der Waals surface area (Å²) < 4.78 is 5.84. The predicted molar refractivity (Wildman–Crippen MR) is 129 cm³/mol. The number of aromatic carboxylic acids is 1. The molecule has 3 heterocycles. The molecule has 0 bridgehead atoms. The Bertz CT molecular complexity index is 1410. The first kappa shape index (κ1) is 21.8. The number of amides is 1. The number of carboxylic acids is 1. The van der Waals surface area contributed by atoms with Crippen LogP contribution in [0.5, 0.6) is 5.75 Å². The van der Waals surface area contributed by atoms with E-state index in [0.29, 0.717) is 35.9 Å². The highest BCUT2D eigenvalue weighted by atomic mass is 32.1. The van der Waals surface area contributed by atoms with Gasteiger partial charge in [-0.1, -0.05) is 25.1 Å². The highest BCUT2D eigenvalue weighted by Gasteiger charge is 2.20. The van der Waals surface area contributed by atoms with Gasteiger partial charge in [0, 0.05) is 46.1 Å². The molecule has 2 N–H and O–H groups in total. The average molecular weight is 472 g/mol. The number of carbonyl (C=O) groups is 2. The number of carbonyl (C=O) groups excluding carboxylic acids is 1. The van der Waals surface area contributed by atoms with Crippen LogP contribution in [0.2, 0.25) is 0 Å². The lowest BCUT2D eigenvalue weighted by Crippen LogP contribution is -2.23. The third kappa shape index (κ3) is 4.15. The van der Waals surface area contributed by atoms with E-state index >= 15 is 0 Å². The van der Waals surface area contributed by atoms with Crippen LogP contribution in [0.4, 0.5) is 0 Å². The summed E-state index contributed by atoms with van der Waals surface area (Å²) in [5.41, 5.74) is 5.39. The summed E-state index contributed by atoms with van der Waals surface area (Å²) in [6.07, 6.45) is 4.16. The van der Waals surface area contributed by atoms with Gasteiger partial charge >= 0.3 is 5.97 Å². The fraction of sp³-hybridized carbons (Fsp3) is 0.154. The summed E-state index contributed by atoms with van der Waals surface area (Å²) in [6, 6.07) is 15.0. The Morgan fingerprint density at radius 1 is 1.15 bits per heavy atom. The molecule has 170 valence electrons. The number of hydrogen-bond donors (Lipinski definition) is 2. The minimum absolute atomic E-state index is 0.106. The topological polar surface area (TPSA) is 101 Å². The zero-order valence-corrected chi connectivity index (χ0v) is 19.2. The van der Waals surface area contributed by atoms with E-state index in [-0.39, 0.29) is 11.6 Å². The van der Waals surface area contributed by atoms with Crippen molar-refractivity contribution in [2.75, 3.05) is 0 Å². The van der Waals surface area contributed by atoms with E-state index in [9.17, 15) is 14.7 Å². The van der Waals surface area contributed by atoms with Crippen LogP contribution in [0.15, 0.2) is 60.9 Å². The van der Waals surface area contributed by atoms with Crippen molar-refractivity contribution in [3.8, 4) is 27.4 Å². The van der Waals surface area contributed by atoms with Crippen LogP contribution < -0.4 is 10.1 Å². The fourth-order valence-electron chi connectivity index (χ4n) is 3.95. The van der Waals surface area contributed by atoms with Gasteiger partial charge in [-0.15, -0.1) is 11.3 Å². The number of rotatable bonds is 6. The second-order valence-corrected chi connectivity index (χ2v) is 8.95. The van der Waals surface area contributed by atoms with Crippen LogP contribution in [0.3, 0.4) is 0 Å². The zero-order chi connectivity index (χ0) is 23.7. The third-order valence-electron chi connectivity index (χ3n) is 5.67. The Kier molecular flexibility index (Phi) is 5.81. The van der Waals surface area contributed by atoms with Gasteiger partial charge in [0.05, 0.1) is 0 Å².